The Morgan fingerprint density at radius 1 is 1.14 bits per heavy atom. The third-order valence-corrected chi connectivity index (χ3v) is 6.51. The van der Waals surface area contributed by atoms with E-state index in [1.807, 2.05) is 6.92 Å². The lowest BCUT2D eigenvalue weighted by molar-refractivity contribution is 0.491. The van der Waals surface area contributed by atoms with E-state index in [-0.39, 0.29) is 23.2 Å². The second-order valence-corrected chi connectivity index (χ2v) is 11.8. The van der Waals surface area contributed by atoms with Gasteiger partial charge in [0.15, 0.2) is 5.96 Å². The number of sulfonamides is 1. The standard InChI is InChI=1S/C18H32N4O4S2/c1-14(11-12-27(6,23)24)21-17(19-5)20-13-15-9-7-8-10-16(15)28(25,26)22-18(2,3)4/h7-10,14,22H,11-13H2,1-6H3,(H2,19,20,21). The molecular weight excluding hydrogens is 400 g/mol. The van der Waals surface area contributed by atoms with Crippen LogP contribution in [-0.4, -0.2) is 53.4 Å². The van der Waals surface area contributed by atoms with Crippen LogP contribution in [0.1, 0.15) is 39.7 Å². The number of nitrogens with one attached hydrogen (secondary N) is 3. The van der Waals surface area contributed by atoms with Crippen molar-refractivity contribution in [2.75, 3.05) is 19.1 Å². The second kappa shape index (κ2) is 9.71. The topological polar surface area (TPSA) is 117 Å². The molecule has 0 aromatic heterocycles. The van der Waals surface area contributed by atoms with Gasteiger partial charge in [-0.2, -0.15) is 0 Å². The van der Waals surface area contributed by atoms with Gasteiger partial charge in [-0.3, -0.25) is 4.99 Å². The quantitative estimate of drug-likeness (QED) is 0.420. The monoisotopic (exact) mass is 432 g/mol. The molecule has 0 aliphatic heterocycles. The number of nitrogens with zero attached hydrogens (tertiary/aromatic N) is 1. The van der Waals surface area contributed by atoms with E-state index >= 15 is 0 Å². The fourth-order valence-electron chi connectivity index (χ4n) is 2.44. The van der Waals surface area contributed by atoms with Crippen molar-refractivity contribution < 1.29 is 16.8 Å². The summed E-state index contributed by atoms with van der Waals surface area (Å²) in [6.45, 7) is 7.47. The first-order valence-electron chi connectivity index (χ1n) is 9.00. The average molecular weight is 433 g/mol. The van der Waals surface area contributed by atoms with Gasteiger partial charge in [0.2, 0.25) is 10.0 Å². The Hall–Kier alpha value is -1.65. The van der Waals surface area contributed by atoms with Crippen molar-refractivity contribution in [2.24, 2.45) is 4.99 Å². The molecule has 0 saturated carbocycles. The highest BCUT2D eigenvalue weighted by Gasteiger charge is 2.24. The predicted octanol–water partition coefficient (Wildman–Crippen LogP) is 1.25. The first-order valence-corrected chi connectivity index (χ1v) is 12.5. The van der Waals surface area contributed by atoms with Gasteiger partial charge in [-0.25, -0.2) is 21.6 Å². The van der Waals surface area contributed by atoms with Crippen molar-refractivity contribution in [1.29, 1.82) is 0 Å². The van der Waals surface area contributed by atoms with Gasteiger partial charge in [-0.1, -0.05) is 18.2 Å². The molecule has 1 unspecified atom stereocenters. The van der Waals surface area contributed by atoms with Crippen LogP contribution >= 0.6 is 0 Å². The lowest BCUT2D eigenvalue weighted by Gasteiger charge is -2.22. The van der Waals surface area contributed by atoms with Gasteiger partial charge in [0.25, 0.3) is 0 Å². The molecule has 0 radical (unpaired) electrons. The van der Waals surface area contributed by atoms with E-state index in [1.54, 1.807) is 52.1 Å². The Labute approximate surface area is 169 Å². The first-order chi connectivity index (χ1) is 12.7. The van der Waals surface area contributed by atoms with Crippen molar-refractivity contribution in [1.82, 2.24) is 15.4 Å². The van der Waals surface area contributed by atoms with E-state index < -0.39 is 25.4 Å². The molecular formula is C18H32N4O4S2. The second-order valence-electron chi connectivity index (χ2n) is 7.85. The number of guanidine groups is 1. The fraction of sp³-hybridized carbons (Fsp3) is 0.611. The zero-order chi connectivity index (χ0) is 21.6. The van der Waals surface area contributed by atoms with Gasteiger partial charge in [0, 0.05) is 31.4 Å². The van der Waals surface area contributed by atoms with E-state index in [0.29, 0.717) is 17.9 Å². The molecule has 8 nitrogen and oxygen atoms in total. The predicted molar refractivity (Wildman–Crippen MR) is 114 cm³/mol. The Kier molecular flexibility index (Phi) is 8.45. The minimum absolute atomic E-state index is 0.0811. The summed E-state index contributed by atoms with van der Waals surface area (Å²) in [5.41, 5.74) is 0.0115. The van der Waals surface area contributed by atoms with Crippen molar-refractivity contribution in [2.45, 2.75) is 57.1 Å². The van der Waals surface area contributed by atoms with Crippen molar-refractivity contribution in [3.63, 3.8) is 0 Å². The van der Waals surface area contributed by atoms with Crippen molar-refractivity contribution in [3.05, 3.63) is 29.8 Å². The van der Waals surface area contributed by atoms with Crippen LogP contribution in [0.25, 0.3) is 0 Å². The van der Waals surface area contributed by atoms with Crippen molar-refractivity contribution >= 4 is 25.8 Å². The summed E-state index contributed by atoms with van der Waals surface area (Å²) in [6, 6.07) is 6.65. The molecule has 0 fully saturated rings. The van der Waals surface area contributed by atoms with E-state index in [0.717, 1.165) is 0 Å². The van der Waals surface area contributed by atoms with Crippen LogP contribution in [0, 0.1) is 0 Å². The van der Waals surface area contributed by atoms with E-state index in [9.17, 15) is 16.8 Å². The van der Waals surface area contributed by atoms with Gasteiger partial charge in [-0.05, 0) is 45.7 Å². The Morgan fingerprint density at radius 3 is 2.29 bits per heavy atom. The molecule has 1 aromatic rings. The smallest absolute Gasteiger partial charge is 0.241 e. The minimum atomic E-state index is -3.67. The van der Waals surface area contributed by atoms with Crippen LogP contribution in [0.3, 0.4) is 0 Å². The van der Waals surface area contributed by atoms with Gasteiger partial charge >= 0.3 is 0 Å². The Bertz CT molecular complexity index is 888. The number of sulfone groups is 1. The summed E-state index contributed by atoms with van der Waals surface area (Å²) < 4.78 is 50.6. The molecule has 1 atom stereocenters. The lowest BCUT2D eigenvalue weighted by Crippen LogP contribution is -2.43. The summed E-state index contributed by atoms with van der Waals surface area (Å²) in [5.74, 6) is 0.550. The van der Waals surface area contributed by atoms with Crippen LogP contribution in [0.5, 0.6) is 0 Å². The molecule has 0 spiro atoms. The minimum Gasteiger partial charge on any atom is -0.354 e. The molecule has 0 amide bonds. The number of aliphatic imine (C=N–C) groups is 1. The number of hydrogen-bond donors (Lipinski definition) is 3. The van der Waals surface area contributed by atoms with Crippen LogP contribution in [-0.2, 0) is 26.4 Å². The van der Waals surface area contributed by atoms with E-state index in [2.05, 4.69) is 20.3 Å². The summed E-state index contributed by atoms with van der Waals surface area (Å²) >= 11 is 0. The number of hydrogen-bond acceptors (Lipinski definition) is 5. The largest absolute Gasteiger partial charge is 0.354 e. The van der Waals surface area contributed by atoms with E-state index in [4.69, 9.17) is 0 Å². The SMILES string of the molecule is CN=C(NCc1ccccc1S(=O)(=O)NC(C)(C)C)NC(C)CCS(C)(=O)=O. The molecule has 0 bridgehead atoms. The molecule has 160 valence electrons. The average Bonchev–Trinajstić information content (AvgIpc) is 2.54. The van der Waals surface area contributed by atoms with Crippen LogP contribution in [0.4, 0.5) is 0 Å². The first kappa shape index (κ1) is 24.4. The number of benzene rings is 1. The fourth-order valence-corrected chi connectivity index (χ4v) is 4.88. The summed E-state index contributed by atoms with van der Waals surface area (Å²) in [6.07, 6.45) is 1.65. The van der Waals surface area contributed by atoms with Crippen LogP contribution in [0.2, 0.25) is 0 Å². The molecule has 0 aliphatic carbocycles. The Balaban J connectivity index is 2.84. The summed E-state index contributed by atoms with van der Waals surface area (Å²) in [5, 5.41) is 6.20. The molecule has 0 saturated heterocycles. The van der Waals surface area contributed by atoms with Crippen LogP contribution in [0.15, 0.2) is 34.2 Å². The van der Waals surface area contributed by atoms with Gasteiger partial charge < -0.3 is 10.6 Å². The highest BCUT2D eigenvalue weighted by molar-refractivity contribution is 7.90. The zero-order valence-electron chi connectivity index (χ0n) is 17.4. The summed E-state index contributed by atoms with van der Waals surface area (Å²) in [7, 11) is -5.10. The molecule has 10 heteroatoms. The third kappa shape index (κ3) is 9.03. The number of rotatable bonds is 8. The molecule has 1 rings (SSSR count). The Morgan fingerprint density at radius 2 is 1.75 bits per heavy atom. The zero-order valence-corrected chi connectivity index (χ0v) is 19.0. The lowest BCUT2D eigenvalue weighted by atomic mass is 10.1. The third-order valence-electron chi connectivity index (χ3n) is 3.68. The molecule has 3 N–H and O–H groups in total. The van der Waals surface area contributed by atoms with Gasteiger partial charge in [-0.15, -0.1) is 0 Å². The molecule has 0 heterocycles. The highest BCUT2D eigenvalue weighted by atomic mass is 32.2. The normalized spacial score (nSPS) is 14.6. The van der Waals surface area contributed by atoms with Crippen LogP contribution < -0.4 is 15.4 Å². The maximum atomic E-state index is 12.7. The maximum absolute atomic E-state index is 12.7. The van der Waals surface area contributed by atoms with Gasteiger partial charge in [0.05, 0.1) is 10.6 Å². The molecule has 0 aliphatic rings. The van der Waals surface area contributed by atoms with Gasteiger partial charge in [0.1, 0.15) is 9.84 Å². The summed E-state index contributed by atoms with van der Waals surface area (Å²) in [4.78, 5) is 4.33. The van der Waals surface area contributed by atoms with E-state index in [1.165, 1.54) is 6.26 Å². The maximum Gasteiger partial charge on any atom is 0.241 e. The highest BCUT2D eigenvalue weighted by Crippen LogP contribution is 2.17. The van der Waals surface area contributed by atoms with Crippen molar-refractivity contribution in [3.8, 4) is 0 Å². The molecule has 28 heavy (non-hydrogen) atoms. The molecule has 1 aromatic carbocycles.